The lowest BCUT2D eigenvalue weighted by Crippen LogP contribution is -2.19. The van der Waals surface area contributed by atoms with Crippen LogP contribution in [0.5, 0.6) is 5.75 Å². The van der Waals surface area contributed by atoms with Crippen LogP contribution in [0, 0.1) is 0 Å². The fourth-order valence-electron chi connectivity index (χ4n) is 1.81. The van der Waals surface area contributed by atoms with Crippen LogP contribution in [0.25, 0.3) is 0 Å². The van der Waals surface area contributed by atoms with E-state index in [0.717, 1.165) is 5.75 Å². The van der Waals surface area contributed by atoms with Gasteiger partial charge < -0.3 is 9.30 Å². The third kappa shape index (κ3) is 3.34. The van der Waals surface area contributed by atoms with Crippen molar-refractivity contribution in [2.75, 3.05) is 6.61 Å². The molecule has 20 heavy (non-hydrogen) atoms. The minimum absolute atomic E-state index is 0.213. The summed E-state index contributed by atoms with van der Waals surface area (Å²) in [4.78, 5) is 0. The first kappa shape index (κ1) is 14.5. The minimum atomic E-state index is -3.85. The second-order valence-electron chi connectivity index (χ2n) is 4.10. The molecular formula is C12H16N4O3S. The highest BCUT2D eigenvalue weighted by Gasteiger charge is 2.19. The van der Waals surface area contributed by atoms with E-state index in [2.05, 4.69) is 10.2 Å². The Morgan fingerprint density at radius 1 is 1.25 bits per heavy atom. The average molecular weight is 296 g/mol. The van der Waals surface area contributed by atoms with E-state index in [-0.39, 0.29) is 5.16 Å². The van der Waals surface area contributed by atoms with Crippen molar-refractivity contribution in [1.82, 2.24) is 14.8 Å². The van der Waals surface area contributed by atoms with E-state index in [1.54, 1.807) is 6.92 Å². The van der Waals surface area contributed by atoms with Gasteiger partial charge in [0.1, 0.15) is 11.6 Å². The molecule has 1 aromatic heterocycles. The van der Waals surface area contributed by atoms with Crippen LogP contribution in [0.2, 0.25) is 0 Å². The third-order valence-corrected chi connectivity index (χ3v) is 3.51. The van der Waals surface area contributed by atoms with Gasteiger partial charge in [0, 0.05) is 13.0 Å². The van der Waals surface area contributed by atoms with Crippen molar-refractivity contribution < 1.29 is 13.2 Å². The van der Waals surface area contributed by atoms with E-state index >= 15 is 0 Å². The van der Waals surface area contributed by atoms with Gasteiger partial charge in [0.15, 0.2) is 0 Å². The number of hydrogen-bond donors (Lipinski definition) is 1. The second-order valence-corrected chi connectivity index (χ2v) is 5.55. The number of ether oxygens (including phenoxy) is 1. The summed E-state index contributed by atoms with van der Waals surface area (Å²) in [6, 6.07) is 9.35. The number of benzene rings is 1. The zero-order chi connectivity index (χ0) is 14.6. The fourth-order valence-corrected chi connectivity index (χ4v) is 2.51. The summed E-state index contributed by atoms with van der Waals surface area (Å²) >= 11 is 0. The van der Waals surface area contributed by atoms with Crippen LogP contribution in [0.4, 0.5) is 0 Å². The number of nitrogens with two attached hydrogens (primary N) is 1. The predicted molar refractivity (Wildman–Crippen MR) is 72.7 cm³/mol. The lowest BCUT2D eigenvalue weighted by atomic mass is 10.3. The minimum Gasteiger partial charge on any atom is -0.493 e. The molecule has 0 amide bonds. The van der Waals surface area contributed by atoms with Crippen LogP contribution in [0.1, 0.15) is 12.7 Å². The number of nitrogens with zero attached hydrogens (tertiary/aromatic N) is 3. The summed E-state index contributed by atoms with van der Waals surface area (Å²) in [6.45, 7) is 2.62. The van der Waals surface area contributed by atoms with Crippen LogP contribution in [-0.4, -0.2) is 29.8 Å². The van der Waals surface area contributed by atoms with Gasteiger partial charge in [-0.15, -0.1) is 10.2 Å². The van der Waals surface area contributed by atoms with Gasteiger partial charge in [-0.1, -0.05) is 18.2 Å². The van der Waals surface area contributed by atoms with Crippen molar-refractivity contribution in [3.63, 3.8) is 0 Å². The first-order valence-corrected chi connectivity index (χ1v) is 7.69. The summed E-state index contributed by atoms with van der Waals surface area (Å²) in [6.07, 6.45) is 0.450. The molecule has 0 atom stereocenters. The Labute approximate surface area is 117 Å². The fraction of sp³-hybridized carbons (Fsp3) is 0.333. The van der Waals surface area contributed by atoms with E-state index in [1.165, 1.54) is 4.57 Å². The van der Waals surface area contributed by atoms with Crippen LogP contribution in [-0.2, 0) is 23.0 Å². The van der Waals surface area contributed by atoms with Crippen LogP contribution < -0.4 is 9.88 Å². The van der Waals surface area contributed by atoms with Gasteiger partial charge in [0.05, 0.1) is 6.61 Å². The molecule has 0 fully saturated rings. The van der Waals surface area contributed by atoms with Crippen molar-refractivity contribution in [1.29, 1.82) is 0 Å². The van der Waals surface area contributed by atoms with Gasteiger partial charge in [-0.05, 0) is 19.1 Å². The Bertz CT molecular complexity index is 667. The Kier molecular flexibility index (Phi) is 4.35. The number of primary sulfonamides is 1. The molecule has 0 aliphatic rings. The zero-order valence-electron chi connectivity index (χ0n) is 11.1. The molecule has 0 saturated heterocycles. The summed E-state index contributed by atoms with van der Waals surface area (Å²) in [7, 11) is -3.85. The average Bonchev–Trinajstić information content (AvgIpc) is 2.83. The third-order valence-electron chi connectivity index (χ3n) is 2.70. The molecule has 7 nitrogen and oxygen atoms in total. The van der Waals surface area contributed by atoms with Crippen molar-refractivity contribution in [2.24, 2.45) is 5.14 Å². The molecule has 2 N–H and O–H groups in total. The van der Waals surface area contributed by atoms with E-state index in [1.807, 2.05) is 30.3 Å². The number of aromatic nitrogens is 3. The normalized spacial score (nSPS) is 11.5. The summed E-state index contributed by atoms with van der Waals surface area (Å²) < 4.78 is 29.7. The number of rotatable bonds is 6. The maximum Gasteiger partial charge on any atom is 0.273 e. The standard InChI is InChI=1S/C12H16N4O3S/c1-2-16-11(14-15-12(16)20(13,17)18)8-9-19-10-6-4-3-5-7-10/h3-7H,2,8-9H2,1H3,(H2,13,17,18). The van der Waals surface area contributed by atoms with Crippen LogP contribution in [0.3, 0.4) is 0 Å². The summed E-state index contributed by atoms with van der Waals surface area (Å²) in [5.41, 5.74) is 0. The van der Waals surface area contributed by atoms with Gasteiger partial charge in [-0.25, -0.2) is 13.6 Å². The molecule has 8 heteroatoms. The molecule has 0 spiro atoms. The van der Waals surface area contributed by atoms with E-state index in [4.69, 9.17) is 9.88 Å². The molecule has 1 heterocycles. The maximum absolute atomic E-state index is 11.3. The smallest absolute Gasteiger partial charge is 0.273 e. The highest BCUT2D eigenvalue weighted by molar-refractivity contribution is 7.89. The molecule has 0 saturated carbocycles. The molecule has 0 aliphatic heterocycles. The van der Waals surface area contributed by atoms with E-state index in [9.17, 15) is 8.42 Å². The van der Waals surface area contributed by atoms with Crippen LogP contribution >= 0.6 is 0 Å². The lowest BCUT2D eigenvalue weighted by Gasteiger charge is -2.07. The molecule has 2 aromatic rings. The molecule has 0 radical (unpaired) electrons. The SMILES string of the molecule is CCn1c(CCOc2ccccc2)nnc1S(N)(=O)=O. The van der Waals surface area contributed by atoms with Gasteiger partial charge in [0.2, 0.25) is 0 Å². The molecule has 108 valence electrons. The topological polar surface area (TPSA) is 100 Å². The van der Waals surface area contributed by atoms with Gasteiger partial charge in [-0.3, -0.25) is 0 Å². The van der Waals surface area contributed by atoms with Crippen molar-refractivity contribution in [3.05, 3.63) is 36.2 Å². The molecule has 0 unspecified atom stereocenters. The quantitative estimate of drug-likeness (QED) is 0.839. The Morgan fingerprint density at radius 2 is 1.95 bits per heavy atom. The van der Waals surface area contributed by atoms with Crippen molar-refractivity contribution in [3.8, 4) is 5.75 Å². The lowest BCUT2D eigenvalue weighted by molar-refractivity contribution is 0.316. The highest BCUT2D eigenvalue weighted by Crippen LogP contribution is 2.11. The summed E-state index contributed by atoms with van der Waals surface area (Å²) in [5.74, 6) is 1.29. The Balaban J connectivity index is 2.05. The predicted octanol–water partition coefficient (Wildman–Crippen LogP) is 0.567. The largest absolute Gasteiger partial charge is 0.493 e. The first-order valence-electron chi connectivity index (χ1n) is 6.15. The Hall–Kier alpha value is -1.93. The second kappa shape index (κ2) is 6.02. The highest BCUT2D eigenvalue weighted by atomic mass is 32.2. The molecule has 0 aliphatic carbocycles. The van der Waals surface area contributed by atoms with Crippen molar-refractivity contribution in [2.45, 2.75) is 25.0 Å². The van der Waals surface area contributed by atoms with E-state index < -0.39 is 10.0 Å². The number of sulfonamides is 1. The van der Waals surface area contributed by atoms with Crippen LogP contribution in [0.15, 0.2) is 35.5 Å². The molecule has 1 aromatic carbocycles. The van der Waals surface area contributed by atoms with Gasteiger partial charge in [0.25, 0.3) is 15.2 Å². The summed E-state index contributed by atoms with van der Waals surface area (Å²) in [5, 5.41) is 12.4. The number of hydrogen-bond acceptors (Lipinski definition) is 5. The molecule has 2 rings (SSSR count). The van der Waals surface area contributed by atoms with Crippen molar-refractivity contribution >= 4 is 10.0 Å². The molecular weight excluding hydrogens is 280 g/mol. The Morgan fingerprint density at radius 3 is 2.55 bits per heavy atom. The van der Waals surface area contributed by atoms with Gasteiger partial charge in [-0.2, -0.15) is 0 Å². The molecule has 0 bridgehead atoms. The van der Waals surface area contributed by atoms with Gasteiger partial charge >= 0.3 is 0 Å². The monoisotopic (exact) mass is 296 g/mol. The number of para-hydroxylation sites is 1. The van der Waals surface area contributed by atoms with E-state index in [0.29, 0.717) is 25.4 Å². The first-order chi connectivity index (χ1) is 9.52. The zero-order valence-corrected chi connectivity index (χ0v) is 11.9. The maximum atomic E-state index is 11.3.